The smallest absolute Gasteiger partial charge is 0.156 e. The molecule has 29 heavy (non-hydrogen) atoms. The lowest BCUT2D eigenvalue weighted by molar-refractivity contribution is 0.451. The van der Waals surface area contributed by atoms with E-state index in [0.717, 1.165) is 55.0 Å². The van der Waals surface area contributed by atoms with Gasteiger partial charge in [0.2, 0.25) is 0 Å². The first-order valence-corrected chi connectivity index (χ1v) is 10.2. The molecule has 0 aliphatic carbocycles. The number of nitrogens with zero attached hydrogens (tertiary/aromatic N) is 5. The van der Waals surface area contributed by atoms with Gasteiger partial charge in [-0.25, -0.2) is 13.9 Å². The second-order valence-electron chi connectivity index (χ2n) is 7.74. The van der Waals surface area contributed by atoms with Gasteiger partial charge in [0.15, 0.2) is 5.65 Å². The number of piperidine rings is 1. The molecule has 0 unspecified atom stereocenters. The number of fused-ring (bicyclic) bond motifs is 2. The number of aryl methyl sites for hydroxylation is 2. The zero-order valence-electron chi connectivity index (χ0n) is 16.6. The van der Waals surface area contributed by atoms with Crippen LogP contribution in [0.2, 0.25) is 0 Å². The van der Waals surface area contributed by atoms with Gasteiger partial charge in [-0.3, -0.25) is 0 Å². The molecule has 1 aliphatic heterocycles. The molecule has 0 spiro atoms. The highest BCUT2D eigenvalue weighted by atomic mass is 19.1. The van der Waals surface area contributed by atoms with Crippen LogP contribution in [-0.2, 0) is 6.42 Å². The van der Waals surface area contributed by atoms with Crippen molar-refractivity contribution in [3.8, 4) is 11.3 Å². The molecule has 3 aromatic heterocycles. The summed E-state index contributed by atoms with van der Waals surface area (Å²) < 4.78 is 16.8. The second kappa shape index (κ2) is 7.15. The van der Waals surface area contributed by atoms with Gasteiger partial charge >= 0.3 is 0 Å². The van der Waals surface area contributed by atoms with Crippen molar-refractivity contribution in [1.29, 1.82) is 0 Å². The highest BCUT2D eigenvalue weighted by Gasteiger charge is 2.19. The molecule has 1 N–H and O–H groups in total. The van der Waals surface area contributed by atoms with Crippen LogP contribution in [0.25, 0.3) is 27.8 Å². The molecule has 5 rings (SSSR count). The van der Waals surface area contributed by atoms with E-state index in [-0.39, 0.29) is 5.82 Å². The lowest BCUT2D eigenvalue weighted by atomic mass is 9.93. The SMILES string of the molecule is CCc1cc(-c2cc(F)c3cc(C4CCNCC4)nnc3c2)nn2cc(C)nc12. The minimum atomic E-state index is -0.288. The van der Waals surface area contributed by atoms with Crippen LogP contribution in [0.5, 0.6) is 0 Å². The van der Waals surface area contributed by atoms with Gasteiger partial charge in [-0.2, -0.15) is 15.3 Å². The number of benzene rings is 1. The van der Waals surface area contributed by atoms with Crippen LogP contribution in [0.15, 0.2) is 30.5 Å². The normalized spacial score (nSPS) is 15.4. The van der Waals surface area contributed by atoms with Crippen LogP contribution in [0.3, 0.4) is 0 Å². The molecule has 1 fully saturated rings. The Morgan fingerprint density at radius 2 is 1.97 bits per heavy atom. The van der Waals surface area contributed by atoms with E-state index in [1.807, 2.05) is 31.3 Å². The summed E-state index contributed by atoms with van der Waals surface area (Å²) in [5.74, 6) is 0.0530. The van der Waals surface area contributed by atoms with Crippen molar-refractivity contribution in [3.05, 3.63) is 53.2 Å². The molecule has 0 saturated carbocycles. The molecule has 0 atom stereocenters. The maximum Gasteiger partial charge on any atom is 0.156 e. The molecule has 0 amide bonds. The van der Waals surface area contributed by atoms with Crippen LogP contribution in [0.4, 0.5) is 4.39 Å². The van der Waals surface area contributed by atoms with Crippen molar-refractivity contribution < 1.29 is 4.39 Å². The summed E-state index contributed by atoms with van der Waals surface area (Å²) in [6, 6.07) is 7.27. The van der Waals surface area contributed by atoms with Crippen LogP contribution in [0, 0.1) is 12.7 Å². The van der Waals surface area contributed by atoms with Gasteiger partial charge in [0.25, 0.3) is 0 Å². The monoisotopic (exact) mass is 390 g/mol. The molecule has 0 bridgehead atoms. The van der Waals surface area contributed by atoms with E-state index >= 15 is 4.39 Å². The molecule has 6 nitrogen and oxygen atoms in total. The third-order valence-corrected chi connectivity index (χ3v) is 5.73. The predicted molar refractivity (Wildman–Crippen MR) is 110 cm³/mol. The van der Waals surface area contributed by atoms with Gasteiger partial charge < -0.3 is 5.32 Å². The summed E-state index contributed by atoms with van der Waals surface area (Å²) >= 11 is 0. The predicted octanol–water partition coefficient (Wildman–Crippen LogP) is 3.82. The number of aromatic nitrogens is 5. The van der Waals surface area contributed by atoms with Crippen LogP contribution >= 0.6 is 0 Å². The zero-order valence-corrected chi connectivity index (χ0v) is 16.6. The molecule has 4 aromatic rings. The van der Waals surface area contributed by atoms with Crippen molar-refractivity contribution >= 4 is 16.6 Å². The number of hydrogen-bond donors (Lipinski definition) is 1. The fraction of sp³-hybridized carbons (Fsp3) is 0.364. The molecular weight excluding hydrogens is 367 g/mol. The molecule has 7 heteroatoms. The standard InChI is InChI=1S/C22H23FN6/c1-3-14-9-20(28-29-12-13(2)25-22(14)29)16-8-18(23)17-11-19(26-27-21(17)10-16)15-4-6-24-7-5-15/h8-12,15,24H,3-7H2,1-2H3. The van der Waals surface area contributed by atoms with E-state index in [4.69, 9.17) is 0 Å². The van der Waals surface area contributed by atoms with E-state index in [2.05, 4.69) is 32.5 Å². The minimum Gasteiger partial charge on any atom is -0.317 e. The Hall–Kier alpha value is -2.93. The summed E-state index contributed by atoms with van der Waals surface area (Å²) in [4.78, 5) is 4.54. The Morgan fingerprint density at radius 1 is 1.14 bits per heavy atom. The van der Waals surface area contributed by atoms with Crippen molar-refractivity contribution in [1.82, 2.24) is 30.1 Å². The van der Waals surface area contributed by atoms with Gasteiger partial charge in [-0.15, -0.1) is 0 Å². The van der Waals surface area contributed by atoms with E-state index < -0.39 is 0 Å². The third kappa shape index (κ3) is 3.25. The lowest BCUT2D eigenvalue weighted by Crippen LogP contribution is -2.27. The average Bonchev–Trinajstić information content (AvgIpc) is 3.13. The summed E-state index contributed by atoms with van der Waals surface area (Å²) in [7, 11) is 0. The van der Waals surface area contributed by atoms with Gasteiger partial charge in [0.1, 0.15) is 5.82 Å². The molecule has 1 aromatic carbocycles. The van der Waals surface area contributed by atoms with Crippen molar-refractivity contribution in [3.63, 3.8) is 0 Å². The Morgan fingerprint density at radius 3 is 2.76 bits per heavy atom. The van der Waals surface area contributed by atoms with Crippen LogP contribution in [-0.4, -0.2) is 37.9 Å². The summed E-state index contributed by atoms with van der Waals surface area (Å²) in [5.41, 5.74) is 5.67. The zero-order chi connectivity index (χ0) is 20.0. The van der Waals surface area contributed by atoms with E-state index in [1.165, 1.54) is 0 Å². The topological polar surface area (TPSA) is 68.0 Å². The second-order valence-corrected chi connectivity index (χ2v) is 7.74. The number of hydrogen-bond acceptors (Lipinski definition) is 5. The van der Waals surface area contributed by atoms with E-state index in [0.29, 0.717) is 28.1 Å². The van der Waals surface area contributed by atoms with Gasteiger partial charge in [-0.1, -0.05) is 6.92 Å². The summed E-state index contributed by atoms with van der Waals surface area (Å²) in [6.07, 6.45) is 4.73. The summed E-state index contributed by atoms with van der Waals surface area (Å²) in [6.45, 7) is 5.96. The van der Waals surface area contributed by atoms with E-state index in [1.54, 1.807) is 10.6 Å². The molecule has 0 radical (unpaired) electrons. The number of imidazole rings is 1. The Labute approximate surface area is 168 Å². The fourth-order valence-electron chi connectivity index (χ4n) is 4.14. The number of halogens is 1. The maximum atomic E-state index is 15.1. The minimum absolute atomic E-state index is 0.288. The Bertz CT molecular complexity index is 1210. The molecule has 148 valence electrons. The number of rotatable bonds is 3. The summed E-state index contributed by atoms with van der Waals surface area (Å²) in [5, 5.41) is 17.3. The highest BCUT2D eigenvalue weighted by Crippen LogP contribution is 2.29. The largest absolute Gasteiger partial charge is 0.317 e. The lowest BCUT2D eigenvalue weighted by Gasteiger charge is -2.21. The fourth-order valence-corrected chi connectivity index (χ4v) is 4.14. The van der Waals surface area contributed by atoms with Gasteiger partial charge in [0, 0.05) is 16.9 Å². The molecule has 1 aliphatic rings. The Balaban J connectivity index is 1.60. The van der Waals surface area contributed by atoms with Crippen molar-refractivity contribution in [2.45, 2.75) is 39.0 Å². The van der Waals surface area contributed by atoms with Gasteiger partial charge in [0.05, 0.1) is 28.8 Å². The van der Waals surface area contributed by atoms with Gasteiger partial charge in [-0.05, 0) is 69.1 Å². The molecular formula is C22H23FN6. The van der Waals surface area contributed by atoms with Crippen LogP contribution in [0.1, 0.15) is 42.6 Å². The third-order valence-electron chi connectivity index (χ3n) is 5.73. The first kappa shape index (κ1) is 18.1. The number of nitrogens with one attached hydrogen (secondary N) is 1. The van der Waals surface area contributed by atoms with E-state index in [9.17, 15) is 0 Å². The Kier molecular flexibility index (Phi) is 4.47. The highest BCUT2D eigenvalue weighted by molar-refractivity contribution is 5.84. The quantitative estimate of drug-likeness (QED) is 0.576. The molecule has 1 saturated heterocycles. The first-order valence-electron chi connectivity index (χ1n) is 10.2. The average molecular weight is 390 g/mol. The maximum absolute atomic E-state index is 15.1. The molecule has 4 heterocycles. The van der Waals surface area contributed by atoms with Crippen molar-refractivity contribution in [2.75, 3.05) is 13.1 Å². The van der Waals surface area contributed by atoms with Crippen molar-refractivity contribution in [2.24, 2.45) is 0 Å². The van der Waals surface area contributed by atoms with Crippen LogP contribution < -0.4 is 5.32 Å². The first-order chi connectivity index (χ1) is 14.1.